The molecule has 0 N–H and O–H groups in total. The van der Waals surface area contributed by atoms with Crippen LogP contribution in [0.5, 0.6) is 0 Å². The number of rotatable bonds is 30. The monoisotopic (exact) mass is 558 g/mol. The standard InChI is InChI=1S/C39H75N/c1-8-11-14-16-18-20-23-31-38(33-27-30-36(4)28-22-13-10-3)39(32-24-21-19-17-15-12-9-2)35-37(5)29-25-26-34-40(6)7/h18-21,36,38-39H,5,8-17,22-35H2,1-4,6-7H3/b20-18+,21-19+. The lowest BCUT2D eigenvalue weighted by atomic mass is 9.77. The van der Waals surface area contributed by atoms with E-state index in [1.807, 2.05) is 0 Å². The minimum absolute atomic E-state index is 0.797. The van der Waals surface area contributed by atoms with E-state index in [-0.39, 0.29) is 0 Å². The average Bonchev–Trinajstić information content (AvgIpc) is 2.93. The lowest BCUT2D eigenvalue weighted by Crippen LogP contribution is -2.17. The van der Waals surface area contributed by atoms with E-state index in [1.54, 1.807) is 0 Å². The highest BCUT2D eigenvalue weighted by Crippen LogP contribution is 2.34. The normalized spacial score (nSPS) is 14.5. The number of hydrogen-bond donors (Lipinski definition) is 0. The Morgan fingerprint density at radius 1 is 0.575 bits per heavy atom. The molecule has 3 unspecified atom stereocenters. The zero-order valence-electron chi connectivity index (χ0n) is 28.7. The van der Waals surface area contributed by atoms with Gasteiger partial charge < -0.3 is 4.90 Å². The van der Waals surface area contributed by atoms with Gasteiger partial charge in [0.1, 0.15) is 0 Å². The quantitative estimate of drug-likeness (QED) is 0.0627. The molecule has 40 heavy (non-hydrogen) atoms. The first-order valence-corrected chi connectivity index (χ1v) is 18.1. The van der Waals surface area contributed by atoms with E-state index in [0.717, 1.165) is 17.8 Å². The van der Waals surface area contributed by atoms with Crippen LogP contribution in [0.2, 0.25) is 0 Å². The first kappa shape index (κ1) is 39.2. The Morgan fingerprint density at radius 3 is 1.68 bits per heavy atom. The molecule has 0 aliphatic rings. The first-order valence-electron chi connectivity index (χ1n) is 18.1. The van der Waals surface area contributed by atoms with Gasteiger partial charge in [-0.05, 0) is 115 Å². The SMILES string of the molecule is C=C(CCCCN(C)C)CC(CC/C=C/CCCCC)C(CC/C=C/CCCCC)CCCC(C)CCCCC. The molecule has 0 aromatic carbocycles. The summed E-state index contributed by atoms with van der Waals surface area (Å²) in [6.45, 7) is 15.2. The van der Waals surface area contributed by atoms with Crippen molar-refractivity contribution in [2.24, 2.45) is 17.8 Å². The van der Waals surface area contributed by atoms with Crippen molar-refractivity contribution in [2.45, 2.75) is 175 Å². The van der Waals surface area contributed by atoms with Crippen molar-refractivity contribution in [1.29, 1.82) is 0 Å². The Kier molecular flexibility index (Phi) is 29.1. The average molecular weight is 558 g/mol. The van der Waals surface area contributed by atoms with Gasteiger partial charge in [-0.2, -0.15) is 0 Å². The van der Waals surface area contributed by atoms with Crippen LogP contribution in [0.4, 0.5) is 0 Å². The molecule has 0 fully saturated rings. The van der Waals surface area contributed by atoms with Gasteiger partial charge in [0.2, 0.25) is 0 Å². The van der Waals surface area contributed by atoms with E-state index in [1.165, 1.54) is 160 Å². The number of allylic oxidation sites excluding steroid dienone is 5. The Labute approximate surface area is 254 Å². The Hall–Kier alpha value is -0.820. The fraction of sp³-hybridized carbons (Fsp3) is 0.846. The molecule has 0 heterocycles. The van der Waals surface area contributed by atoms with Crippen molar-refractivity contribution in [3.63, 3.8) is 0 Å². The largest absolute Gasteiger partial charge is 0.309 e. The van der Waals surface area contributed by atoms with Crippen LogP contribution in [0.15, 0.2) is 36.5 Å². The predicted octanol–water partition coefficient (Wildman–Crippen LogP) is 13.1. The molecule has 0 aliphatic carbocycles. The summed E-state index contributed by atoms with van der Waals surface area (Å²) in [6, 6.07) is 0. The van der Waals surface area contributed by atoms with Crippen molar-refractivity contribution in [3.05, 3.63) is 36.5 Å². The number of nitrogens with zero attached hydrogens (tertiary/aromatic N) is 1. The van der Waals surface area contributed by atoms with Gasteiger partial charge in [-0.15, -0.1) is 0 Å². The fourth-order valence-electron chi connectivity index (χ4n) is 6.13. The molecule has 0 radical (unpaired) electrons. The lowest BCUT2D eigenvalue weighted by molar-refractivity contribution is 0.262. The van der Waals surface area contributed by atoms with Crippen LogP contribution in [0.25, 0.3) is 0 Å². The molecule has 0 aliphatic heterocycles. The predicted molar refractivity (Wildman–Crippen MR) is 185 cm³/mol. The zero-order valence-corrected chi connectivity index (χ0v) is 28.7. The second kappa shape index (κ2) is 29.7. The third kappa shape index (κ3) is 26.1. The molecular formula is C39H75N. The van der Waals surface area contributed by atoms with Gasteiger partial charge in [-0.25, -0.2) is 0 Å². The van der Waals surface area contributed by atoms with Crippen LogP contribution in [-0.2, 0) is 0 Å². The highest BCUT2D eigenvalue weighted by molar-refractivity contribution is 4.98. The maximum absolute atomic E-state index is 4.61. The minimum Gasteiger partial charge on any atom is -0.309 e. The number of unbranched alkanes of at least 4 members (excludes halogenated alkanes) is 9. The number of hydrogen-bond acceptors (Lipinski definition) is 1. The van der Waals surface area contributed by atoms with Crippen LogP contribution < -0.4 is 0 Å². The highest BCUT2D eigenvalue weighted by atomic mass is 15.0. The molecule has 0 saturated heterocycles. The van der Waals surface area contributed by atoms with Crippen LogP contribution in [0.1, 0.15) is 175 Å². The third-order valence-corrected chi connectivity index (χ3v) is 8.87. The molecule has 1 heteroatoms. The fourth-order valence-corrected chi connectivity index (χ4v) is 6.13. The van der Waals surface area contributed by atoms with Crippen LogP contribution in [-0.4, -0.2) is 25.5 Å². The van der Waals surface area contributed by atoms with E-state index in [4.69, 9.17) is 0 Å². The van der Waals surface area contributed by atoms with Gasteiger partial charge in [-0.1, -0.05) is 135 Å². The summed E-state index contributed by atoms with van der Waals surface area (Å²) < 4.78 is 0. The van der Waals surface area contributed by atoms with Gasteiger partial charge in [0.25, 0.3) is 0 Å². The van der Waals surface area contributed by atoms with Gasteiger partial charge in [-0.3, -0.25) is 0 Å². The molecule has 236 valence electrons. The van der Waals surface area contributed by atoms with Crippen molar-refractivity contribution < 1.29 is 0 Å². The van der Waals surface area contributed by atoms with Crippen LogP contribution >= 0.6 is 0 Å². The summed E-state index contributed by atoms with van der Waals surface area (Å²) in [5.41, 5.74) is 1.52. The van der Waals surface area contributed by atoms with Crippen LogP contribution in [0, 0.1) is 17.8 Å². The van der Waals surface area contributed by atoms with Gasteiger partial charge >= 0.3 is 0 Å². The Balaban J connectivity index is 5.20. The van der Waals surface area contributed by atoms with E-state index in [2.05, 4.69) is 77.6 Å². The summed E-state index contributed by atoms with van der Waals surface area (Å²) in [5.74, 6) is 2.53. The van der Waals surface area contributed by atoms with E-state index < -0.39 is 0 Å². The molecule has 0 amide bonds. The van der Waals surface area contributed by atoms with Gasteiger partial charge in [0.15, 0.2) is 0 Å². The maximum Gasteiger partial charge on any atom is -0.00247 e. The first-order chi connectivity index (χ1) is 19.4. The Morgan fingerprint density at radius 2 is 1.10 bits per heavy atom. The molecule has 0 spiro atoms. The molecule has 0 aromatic heterocycles. The summed E-state index contributed by atoms with van der Waals surface area (Å²) in [6.07, 6.45) is 40.7. The van der Waals surface area contributed by atoms with Gasteiger partial charge in [0, 0.05) is 0 Å². The molecule has 3 atom stereocenters. The van der Waals surface area contributed by atoms with Crippen molar-refractivity contribution in [1.82, 2.24) is 4.90 Å². The molecule has 0 aromatic rings. The Bertz CT molecular complexity index is 586. The van der Waals surface area contributed by atoms with Gasteiger partial charge in [0.05, 0.1) is 0 Å². The van der Waals surface area contributed by atoms with E-state index in [0.29, 0.717) is 0 Å². The summed E-state index contributed by atoms with van der Waals surface area (Å²) in [7, 11) is 4.38. The lowest BCUT2D eigenvalue weighted by Gasteiger charge is -2.28. The summed E-state index contributed by atoms with van der Waals surface area (Å²) in [4.78, 5) is 2.31. The molecule has 0 saturated carbocycles. The van der Waals surface area contributed by atoms with E-state index >= 15 is 0 Å². The highest BCUT2D eigenvalue weighted by Gasteiger charge is 2.21. The minimum atomic E-state index is 0.797. The van der Waals surface area contributed by atoms with Crippen molar-refractivity contribution in [3.8, 4) is 0 Å². The summed E-state index contributed by atoms with van der Waals surface area (Å²) >= 11 is 0. The van der Waals surface area contributed by atoms with Crippen LogP contribution in [0.3, 0.4) is 0 Å². The maximum atomic E-state index is 4.61. The molecule has 1 nitrogen and oxygen atoms in total. The topological polar surface area (TPSA) is 3.24 Å². The summed E-state index contributed by atoms with van der Waals surface area (Å²) in [5, 5.41) is 0. The zero-order chi connectivity index (χ0) is 29.7. The molecular weight excluding hydrogens is 482 g/mol. The van der Waals surface area contributed by atoms with E-state index in [9.17, 15) is 0 Å². The molecule has 0 rings (SSSR count). The molecule has 0 bridgehead atoms. The smallest absolute Gasteiger partial charge is 0.00247 e. The van der Waals surface area contributed by atoms with Crippen molar-refractivity contribution >= 4 is 0 Å². The second-order valence-corrected chi connectivity index (χ2v) is 13.4. The third-order valence-electron chi connectivity index (χ3n) is 8.87. The second-order valence-electron chi connectivity index (χ2n) is 13.4. The van der Waals surface area contributed by atoms with Crippen molar-refractivity contribution in [2.75, 3.05) is 20.6 Å².